The molecule has 3 N–H and O–H groups in total. The number of carbonyl (C=O) groups is 2. The number of hydrogen-bond donors (Lipinski definition) is 2. The lowest BCUT2D eigenvalue weighted by atomic mass is 10.0. The molecule has 0 rings (SSSR count). The molecule has 0 fully saturated rings. The van der Waals surface area contributed by atoms with Crippen LogP contribution in [0.1, 0.15) is 53.4 Å². The van der Waals surface area contributed by atoms with Crippen molar-refractivity contribution in [2.75, 3.05) is 0 Å². The molecule has 0 saturated carbocycles. The maximum Gasteiger partial charge on any atom is 0.318 e. The normalized spacial score (nSPS) is 10.7. The van der Waals surface area contributed by atoms with E-state index in [1.54, 1.807) is 0 Å². The highest BCUT2D eigenvalue weighted by atomic mass is 79.9. The number of imide groups is 1. The Bertz CT molecular complexity index is 274. The molecule has 4 nitrogen and oxygen atoms in total. The fourth-order valence-electron chi connectivity index (χ4n) is 1.13. The van der Waals surface area contributed by atoms with E-state index in [1.807, 2.05) is 19.2 Å². The van der Waals surface area contributed by atoms with Crippen molar-refractivity contribution in [1.82, 2.24) is 5.32 Å². The van der Waals surface area contributed by atoms with Crippen LogP contribution in [-0.4, -0.2) is 16.3 Å². The van der Waals surface area contributed by atoms with Gasteiger partial charge in [0.15, 0.2) is 0 Å². The van der Waals surface area contributed by atoms with Gasteiger partial charge in [-0.15, -0.1) is 0 Å². The second-order valence-corrected chi connectivity index (χ2v) is 5.37. The molecule has 0 saturated heterocycles. The van der Waals surface area contributed by atoms with Crippen LogP contribution in [0.15, 0.2) is 12.2 Å². The summed E-state index contributed by atoms with van der Waals surface area (Å²) in [5.41, 5.74) is 4.81. The number of amides is 3. The number of carbonyl (C=O) groups excluding carboxylic acids is 2. The number of primary amides is 1. The van der Waals surface area contributed by atoms with E-state index in [0.29, 0.717) is 12.8 Å². The minimum atomic E-state index is -0.814. The summed E-state index contributed by atoms with van der Waals surface area (Å²) in [4.78, 5) is 21.6. The molecule has 0 aromatic rings. The molecule has 0 aliphatic heterocycles. The fraction of sp³-hybridized carbons (Fsp3) is 0.692. The van der Waals surface area contributed by atoms with Gasteiger partial charge in [0.05, 0.1) is 0 Å². The number of halogens is 1. The fourth-order valence-corrected chi connectivity index (χ4v) is 1.23. The molecule has 18 heavy (non-hydrogen) atoms. The first-order valence-electron chi connectivity index (χ1n) is 6.28. The molecular formula is C13H25BrN2O2. The van der Waals surface area contributed by atoms with E-state index >= 15 is 0 Å². The number of hydrogen-bond acceptors (Lipinski definition) is 2. The van der Waals surface area contributed by atoms with E-state index in [9.17, 15) is 9.59 Å². The van der Waals surface area contributed by atoms with Crippen LogP contribution in [0.3, 0.4) is 0 Å². The maximum atomic E-state index is 11.3. The minimum absolute atomic E-state index is 0.375. The Labute approximate surface area is 119 Å². The molecule has 0 aromatic carbocycles. The van der Waals surface area contributed by atoms with Gasteiger partial charge in [-0.3, -0.25) is 10.1 Å². The summed E-state index contributed by atoms with van der Waals surface area (Å²) in [6, 6.07) is -0.814. The largest absolute Gasteiger partial charge is 0.351 e. The highest BCUT2D eigenvalue weighted by molar-refractivity contribution is 9.10. The van der Waals surface area contributed by atoms with E-state index in [0.717, 1.165) is 0 Å². The Morgan fingerprint density at radius 2 is 1.78 bits per heavy atom. The summed E-state index contributed by atoms with van der Waals surface area (Å²) in [6.07, 6.45) is 8.00. The number of rotatable bonds is 5. The van der Waals surface area contributed by atoms with Crippen molar-refractivity contribution in [2.45, 2.75) is 57.7 Å². The van der Waals surface area contributed by atoms with Gasteiger partial charge in [-0.2, -0.15) is 0 Å². The van der Waals surface area contributed by atoms with Gasteiger partial charge >= 0.3 is 6.03 Å². The zero-order valence-electron chi connectivity index (χ0n) is 11.8. The molecule has 0 atom stereocenters. The van der Waals surface area contributed by atoms with Crippen LogP contribution >= 0.6 is 15.9 Å². The van der Waals surface area contributed by atoms with Crippen molar-refractivity contribution in [3.8, 4) is 0 Å². The van der Waals surface area contributed by atoms with Crippen LogP contribution in [-0.2, 0) is 4.79 Å². The Kier molecular flexibility index (Phi) is 12.2. The number of alkyl halides is 1. The third-order valence-electron chi connectivity index (χ3n) is 2.46. The molecular weight excluding hydrogens is 296 g/mol. The number of nitrogens with one attached hydrogen (secondary N) is 1. The monoisotopic (exact) mass is 320 g/mol. The van der Waals surface area contributed by atoms with Crippen LogP contribution in [0, 0.1) is 0 Å². The predicted octanol–water partition coefficient (Wildman–Crippen LogP) is 3.50. The Morgan fingerprint density at radius 3 is 2.00 bits per heavy atom. The van der Waals surface area contributed by atoms with Crippen molar-refractivity contribution < 1.29 is 9.59 Å². The van der Waals surface area contributed by atoms with Gasteiger partial charge in [-0.1, -0.05) is 55.3 Å². The summed E-state index contributed by atoms with van der Waals surface area (Å²) >= 11 is 3.26. The van der Waals surface area contributed by atoms with E-state index in [1.165, 1.54) is 12.8 Å². The Hall–Kier alpha value is -0.840. The van der Waals surface area contributed by atoms with Crippen molar-refractivity contribution >= 4 is 27.9 Å². The molecule has 106 valence electrons. The Balaban J connectivity index is 0. The van der Waals surface area contributed by atoms with Crippen LogP contribution in [0.5, 0.6) is 0 Å². The van der Waals surface area contributed by atoms with Crippen LogP contribution in [0.25, 0.3) is 0 Å². The van der Waals surface area contributed by atoms with Gasteiger partial charge in [0.2, 0.25) is 5.91 Å². The first-order valence-corrected chi connectivity index (χ1v) is 7.08. The number of allylic oxidation sites excluding steroid dienone is 2. The second kappa shape index (κ2) is 11.3. The smallest absolute Gasteiger partial charge is 0.318 e. The summed E-state index contributed by atoms with van der Waals surface area (Å²) in [5, 5.41) is 2.04. The average molecular weight is 321 g/mol. The first-order chi connectivity index (χ1) is 8.37. The predicted molar refractivity (Wildman–Crippen MR) is 79.7 cm³/mol. The molecule has 0 aliphatic carbocycles. The van der Waals surface area contributed by atoms with Crippen LogP contribution in [0.4, 0.5) is 4.79 Å². The van der Waals surface area contributed by atoms with Gasteiger partial charge in [0.1, 0.15) is 4.32 Å². The first kappa shape index (κ1) is 19.5. The quantitative estimate of drug-likeness (QED) is 0.601. The third-order valence-corrected chi connectivity index (χ3v) is 3.94. The van der Waals surface area contributed by atoms with Gasteiger partial charge in [-0.25, -0.2) is 4.79 Å². The van der Waals surface area contributed by atoms with Crippen LogP contribution < -0.4 is 11.1 Å². The Morgan fingerprint density at radius 1 is 1.28 bits per heavy atom. The number of urea groups is 1. The molecule has 0 heterocycles. The maximum absolute atomic E-state index is 11.3. The lowest BCUT2D eigenvalue weighted by molar-refractivity contribution is -0.122. The zero-order chi connectivity index (χ0) is 14.6. The summed E-state index contributed by atoms with van der Waals surface area (Å²) < 4.78 is -0.665. The SMILES string of the molecule is C/C=C/CCC.CCC(Br)(CC)C(=O)NC(N)=O. The summed E-state index contributed by atoms with van der Waals surface area (Å²) in [6.45, 7) is 7.95. The minimum Gasteiger partial charge on any atom is -0.351 e. The average Bonchev–Trinajstić information content (AvgIpc) is 2.35. The lowest BCUT2D eigenvalue weighted by Crippen LogP contribution is -2.46. The summed E-state index contributed by atoms with van der Waals surface area (Å²) in [7, 11) is 0. The lowest BCUT2D eigenvalue weighted by Gasteiger charge is -2.21. The molecule has 0 unspecified atom stereocenters. The van der Waals surface area contributed by atoms with Crippen molar-refractivity contribution in [3.63, 3.8) is 0 Å². The third kappa shape index (κ3) is 9.22. The van der Waals surface area contributed by atoms with Gasteiger partial charge < -0.3 is 5.73 Å². The van der Waals surface area contributed by atoms with Crippen molar-refractivity contribution in [2.24, 2.45) is 5.73 Å². The van der Waals surface area contributed by atoms with Crippen LogP contribution in [0.2, 0.25) is 0 Å². The molecule has 0 radical (unpaired) electrons. The molecule has 5 heteroatoms. The van der Waals surface area contributed by atoms with Gasteiger partial charge in [0.25, 0.3) is 0 Å². The van der Waals surface area contributed by atoms with E-state index in [4.69, 9.17) is 5.73 Å². The van der Waals surface area contributed by atoms with Crippen molar-refractivity contribution in [3.05, 3.63) is 12.2 Å². The van der Waals surface area contributed by atoms with E-state index < -0.39 is 10.4 Å². The van der Waals surface area contributed by atoms with Crippen molar-refractivity contribution in [1.29, 1.82) is 0 Å². The second-order valence-electron chi connectivity index (χ2n) is 3.85. The molecule has 0 aliphatic rings. The molecule has 0 spiro atoms. The molecule has 0 bridgehead atoms. The molecule has 3 amide bonds. The zero-order valence-corrected chi connectivity index (χ0v) is 13.3. The molecule has 0 aromatic heterocycles. The highest BCUT2D eigenvalue weighted by Crippen LogP contribution is 2.26. The highest BCUT2D eigenvalue weighted by Gasteiger charge is 2.32. The van der Waals surface area contributed by atoms with Gasteiger partial charge in [0, 0.05) is 0 Å². The van der Waals surface area contributed by atoms with E-state index in [2.05, 4.69) is 41.9 Å². The standard InChI is InChI=1S/C7H13BrN2O2.C6H12/c1-3-7(8,4-2)5(11)10-6(9)12;1-3-5-6-4-2/h3-4H2,1-2H3,(H3,9,10,11,12);3,5H,4,6H2,1-2H3/b;5-3+. The number of unbranched alkanes of at least 4 members (excludes halogenated alkanes) is 1. The number of nitrogens with two attached hydrogens (primary N) is 1. The van der Waals surface area contributed by atoms with E-state index in [-0.39, 0.29) is 5.91 Å². The topological polar surface area (TPSA) is 72.2 Å². The summed E-state index contributed by atoms with van der Waals surface area (Å²) in [5.74, 6) is -0.375. The van der Waals surface area contributed by atoms with Gasteiger partial charge in [-0.05, 0) is 26.2 Å².